The number of carbonyl (C=O) groups excluding carboxylic acids is 2. The largest absolute Gasteiger partial charge is 1.00 e. The number of rotatable bonds is 5. The fourth-order valence-electron chi connectivity index (χ4n) is 2.52. The molecule has 1 heterocycles. The Balaban J connectivity index is 0.00000261. The summed E-state index contributed by atoms with van der Waals surface area (Å²) < 4.78 is 5.76. The van der Waals surface area contributed by atoms with Crippen LogP contribution in [0.4, 0.5) is 0 Å². The molecule has 3 rings (SSSR count). The zero-order valence-electron chi connectivity index (χ0n) is 14.9. The number of ether oxygens (including phenoxy) is 1. The number of para-hydroxylation sites is 1. The van der Waals surface area contributed by atoms with Gasteiger partial charge >= 0.3 is 29.6 Å². The molecule has 2 aromatic carbocycles. The van der Waals surface area contributed by atoms with E-state index in [1.165, 1.54) is 0 Å². The van der Waals surface area contributed by atoms with Gasteiger partial charge in [-0.3, -0.25) is 4.79 Å². The first kappa shape index (κ1) is 20.7. The van der Waals surface area contributed by atoms with E-state index in [4.69, 9.17) is 4.74 Å². The summed E-state index contributed by atoms with van der Waals surface area (Å²) >= 11 is 0. The van der Waals surface area contributed by atoms with Gasteiger partial charge < -0.3 is 25.1 Å². The van der Waals surface area contributed by atoms with Gasteiger partial charge in [0.2, 0.25) is 0 Å². The predicted molar refractivity (Wildman–Crippen MR) is 92.0 cm³/mol. The number of aromatic nitrogens is 1. The van der Waals surface area contributed by atoms with Gasteiger partial charge in [-0.2, -0.15) is 0 Å². The summed E-state index contributed by atoms with van der Waals surface area (Å²) in [5, 5.41) is 24.0. The third-order valence-corrected chi connectivity index (χ3v) is 3.73. The van der Waals surface area contributed by atoms with Gasteiger partial charge in [0.25, 0.3) is 5.91 Å². The van der Waals surface area contributed by atoms with Crippen LogP contribution >= 0.6 is 0 Å². The van der Waals surface area contributed by atoms with Crippen molar-refractivity contribution < 1.29 is 54.1 Å². The molecule has 0 saturated heterocycles. The molecule has 0 saturated carbocycles. The van der Waals surface area contributed by atoms with Crippen molar-refractivity contribution in [2.75, 3.05) is 6.54 Å². The summed E-state index contributed by atoms with van der Waals surface area (Å²) in [5.41, 5.74) is 0.253. The average molecular weight is 374 g/mol. The van der Waals surface area contributed by atoms with Crippen LogP contribution in [-0.4, -0.2) is 28.5 Å². The first-order valence-electron chi connectivity index (χ1n) is 7.80. The number of aromatic hydroxyl groups is 1. The molecule has 3 aromatic rings. The zero-order chi connectivity index (χ0) is 18.7. The Labute approximate surface area is 177 Å². The number of hydrogen-bond acceptors (Lipinski definition) is 6. The monoisotopic (exact) mass is 374 g/mol. The molecule has 0 aliphatic carbocycles. The van der Waals surface area contributed by atoms with E-state index in [-0.39, 0.29) is 41.0 Å². The van der Waals surface area contributed by atoms with E-state index in [2.05, 4.69) is 10.3 Å². The van der Waals surface area contributed by atoms with Gasteiger partial charge in [-0.1, -0.05) is 18.2 Å². The fourth-order valence-corrected chi connectivity index (χ4v) is 2.52. The van der Waals surface area contributed by atoms with E-state index in [1.807, 2.05) is 30.3 Å². The maximum atomic E-state index is 12.0. The van der Waals surface area contributed by atoms with Crippen LogP contribution in [0.2, 0.25) is 0 Å². The number of aryl methyl sites for hydroxylation is 1. The summed E-state index contributed by atoms with van der Waals surface area (Å²) in [6.45, 7) is 1.02. The second-order valence-electron chi connectivity index (χ2n) is 5.57. The molecule has 0 atom stereocenters. The summed E-state index contributed by atoms with van der Waals surface area (Å²) in [5.74, 6) is -1.32. The van der Waals surface area contributed by atoms with Gasteiger partial charge in [0, 0.05) is 16.5 Å². The van der Waals surface area contributed by atoms with Gasteiger partial charge in [0.1, 0.15) is 11.5 Å². The van der Waals surface area contributed by atoms with Crippen molar-refractivity contribution in [3.63, 3.8) is 0 Å². The molecular formula is C19H15N2NaO5. The second-order valence-corrected chi connectivity index (χ2v) is 5.57. The summed E-state index contributed by atoms with van der Waals surface area (Å²) in [6, 6.07) is 14.2. The van der Waals surface area contributed by atoms with Gasteiger partial charge in [0.05, 0.1) is 12.5 Å². The van der Waals surface area contributed by atoms with Crippen molar-refractivity contribution in [2.24, 2.45) is 0 Å². The van der Waals surface area contributed by atoms with E-state index in [0.717, 1.165) is 0 Å². The zero-order valence-corrected chi connectivity index (χ0v) is 16.9. The number of amides is 1. The van der Waals surface area contributed by atoms with Gasteiger partial charge in [-0.05, 0) is 37.3 Å². The number of carbonyl (C=O) groups is 2. The van der Waals surface area contributed by atoms with Crippen LogP contribution in [0, 0.1) is 6.92 Å². The number of aliphatic carboxylic acids is 1. The summed E-state index contributed by atoms with van der Waals surface area (Å²) in [7, 11) is 0. The Hall–Kier alpha value is -2.61. The third kappa shape index (κ3) is 4.77. The van der Waals surface area contributed by atoms with Crippen LogP contribution < -0.4 is 44.7 Å². The van der Waals surface area contributed by atoms with Crippen molar-refractivity contribution in [3.05, 3.63) is 59.9 Å². The topological polar surface area (TPSA) is 112 Å². The molecule has 0 radical (unpaired) electrons. The molecule has 0 unspecified atom stereocenters. The number of nitrogens with zero attached hydrogens (tertiary/aromatic N) is 1. The number of fused-ring (bicyclic) bond motifs is 1. The van der Waals surface area contributed by atoms with Crippen LogP contribution in [0.5, 0.6) is 17.2 Å². The molecule has 0 spiro atoms. The Morgan fingerprint density at radius 2 is 1.81 bits per heavy atom. The van der Waals surface area contributed by atoms with Crippen LogP contribution in [0.25, 0.3) is 10.8 Å². The first-order chi connectivity index (χ1) is 12.5. The van der Waals surface area contributed by atoms with E-state index in [9.17, 15) is 19.8 Å². The van der Waals surface area contributed by atoms with E-state index >= 15 is 0 Å². The van der Waals surface area contributed by atoms with Crippen LogP contribution in [0.1, 0.15) is 16.2 Å². The molecular weight excluding hydrogens is 359 g/mol. The SMILES string of the molecule is Cc1nc(C(=O)NCC(=O)[O-])c(O)c2ccc(Oc3ccccc3)cc12.[Na+]. The Morgan fingerprint density at radius 3 is 2.48 bits per heavy atom. The van der Waals surface area contributed by atoms with Crippen molar-refractivity contribution in [3.8, 4) is 17.2 Å². The van der Waals surface area contributed by atoms with Crippen LogP contribution in [-0.2, 0) is 4.79 Å². The number of pyridine rings is 1. The molecule has 0 aliphatic rings. The van der Waals surface area contributed by atoms with E-state index in [0.29, 0.717) is 28.0 Å². The molecule has 1 amide bonds. The van der Waals surface area contributed by atoms with Gasteiger partial charge in [0.15, 0.2) is 11.4 Å². The molecule has 1 aromatic heterocycles. The van der Waals surface area contributed by atoms with E-state index < -0.39 is 18.4 Å². The van der Waals surface area contributed by atoms with Crippen molar-refractivity contribution >= 4 is 22.6 Å². The minimum atomic E-state index is -1.43. The molecule has 7 nitrogen and oxygen atoms in total. The van der Waals surface area contributed by atoms with Gasteiger partial charge in [-0.25, -0.2) is 4.98 Å². The number of carboxylic acids is 1. The Kier molecular flexibility index (Phi) is 6.79. The number of carboxylic acid groups (broad SMARTS) is 1. The van der Waals surface area contributed by atoms with E-state index in [1.54, 1.807) is 25.1 Å². The molecule has 0 bridgehead atoms. The Bertz CT molecular complexity index is 992. The fraction of sp³-hybridized carbons (Fsp3) is 0.105. The van der Waals surface area contributed by atoms with Crippen molar-refractivity contribution in [1.29, 1.82) is 0 Å². The number of benzene rings is 2. The number of nitrogens with one attached hydrogen (secondary N) is 1. The quantitative estimate of drug-likeness (QED) is 0.527. The minimum absolute atomic E-state index is 0. The molecule has 2 N–H and O–H groups in total. The maximum absolute atomic E-state index is 12.0. The standard InChI is InChI=1S/C19H16N2O5.Na/c1-11-15-9-13(26-12-5-3-2-4-6-12)7-8-14(15)18(24)17(21-11)19(25)20-10-16(22)23;/h2-9,24H,10H2,1H3,(H,20,25)(H,22,23);/q;+1/p-1. The summed E-state index contributed by atoms with van der Waals surface area (Å²) in [4.78, 5) is 26.6. The van der Waals surface area contributed by atoms with Gasteiger partial charge in [-0.15, -0.1) is 0 Å². The first-order valence-corrected chi connectivity index (χ1v) is 7.80. The molecule has 27 heavy (non-hydrogen) atoms. The minimum Gasteiger partial charge on any atom is -0.548 e. The smallest absolute Gasteiger partial charge is 0.548 e. The molecule has 132 valence electrons. The predicted octanol–water partition coefficient (Wildman–Crippen LogP) is -1.48. The van der Waals surface area contributed by atoms with Crippen molar-refractivity contribution in [2.45, 2.75) is 6.92 Å². The molecule has 8 heteroatoms. The van der Waals surface area contributed by atoms with Crippen LogP contribution in [0.15, 0.2) is 48.5 Å². The molecule has 0 fully saturated rings. The summed E-state index contributed by atoms with van der Waals surface area (Å²) in [6.07, 6.45) is 0. The number of hydrogen-bond donors (Lipinski definition) is 2. The van der Waals surface area contributed by atoms with Crippen molar-refractivity contribution in [1.82, 2.24) is 10.3 Å². The second kappa shape index (κ2) is 8.85. The third-order valence-electron chi connectivity index (χ3n) is 3.73. The normalized spacial score (nSPS) is 10.1. The van der Waals surface area contributed by atoms with Crippen LogP contribution in [0.3, 0.4) is 0 Å². The maximum Gasteiger partial charge on any atom is 1.00 e. The average Bonchev–Trinajstić information content (AvgIpc) is 2.63. The Morgan fingerprint density at radius 1 is 1.11 bits per heavy atom. The molecule has 0 aliphatic heterocycles.